The third-order valence-corrected chi connectivity index (χ3v) is 4.53. The number of piperidine rings is 1. The maximum atomic E-state index is 11.6. The van der Waals surface area contributed by atoms with E-state index in [1.807, 2.05) is 18.2 Å². The Bertz CT molecular complexity index is 722. The van der Waals surface area contributed by atoms with Crippen LogP contribution in [0.15, 0.2) is 18.2 Å². The first-order valence-electron chi connectivity index (χ1n) is 7.93. The summed E-state index contributed by atoms with van der Waals surface area (Å²) in [5, 5.41) is 0.845. The number of nitrogens with zero attached hydrogens (tertiary/aromatic N) is 2. The van der Waals surface area contributed by atoms with E-state index in [1.165, 1.54) is 0 Å². The van der Waals surface area contributed by atoms with Gasteiger partial charge in [0.2, 0.25) is 0 Å². The molecule has 0 saturated carbocycles. The minimum Gasteiger partial charge on any atom is -0.497 e. The first-order valence-corrected chi connectivity index (χ1v) is 7.93. The van der Waals surface area contributed by atoms with E-state index in [0.717, 1.165) is 54.9 Å². The average Bonchev–Trinajstić information content (AvgIpc) is 2.60. The van der Waals surface area contributed by atoms with Crippen LogP contribution in [0.4, 0.5) is 5.82 Å². The molecule has 3 rings (SSSR count). The molecule has 1 fully saturated rings. The van der Waals surface area contributed by atoms with Crippen LogP contribution in [0.2, 0.25) is 0 Å². The number of carbonyl (C=O) groups is 1. The highest BCUT2D eigenvalue weighted by atomic mass is 16.5. The quantitative estimate of drug-likeness (QED) is 0.811. The van der Waals surface area contributed by atoms with E-state index < -0.39 is 0 Å². The highest BCUT2D eigenvalue weighted by Gasteiger charge is 2.21. The van der Waals surface area contributed by atoms with Gasteiger partial charge in [0.15, 0.2) is 6.29 Å². The van der Waals surface area contributed by atoms with Gasteiger partial charge in [-0.1, -0.05) is 6.92 Å². The van der Waals surface area contributed by atoms with Gasteiger partial charge in [-0.15, -0.1) is 0 Å². The summed E-state index contributed by atoms with van der Waals surface area (Å²) in [6.45, 7) is 4.12. The van der Waals surface area contributed by atoms with Crippen LogP contribution < -0.4 is 14.4 Å². The lowest BCUT2D eigenvalue weighted by molar-refractivity contribution is 0.112. The van der Waals surface area contributed by atoms with Crippen molar-refractivity contribution in [3.8, 4) is 11.5 Å². The Morgan fingerprint density at radius 2 is 1.91 bits per heavy atom. The SMILES string of the molecule is COc1cc(OC)c2nc(N3CCC(C)CC3)c(C=O)cc2c1. The fraction of sp³-hybridized carbons (Fsp3) is 0.444. The van der Waals surface area contributed by atoms with Crippen molar-refractivity contribution in [3.05, 3.63) is 23.8 Å². The van der Waals surface area contributed by atoms with Gasteiger partial charge in [-0.05, 0) is 30.9 Å². The van der Waals surface area contributed by atoms with Crippen LogP contribution in [0.25, 0.3) is 10.9 Å². The third kappa shape index (κ3) is 2.96. The number of ether oxygens (including phenoxy) is 2. The number of methoxy groups -OCH3 is 2. The molecule has 1 aromatic heterocycles. The van der Waals surface area contributed by atoms with Crippen molar-refractivity contribution in [2.24, 2.45) is 5.92 Å². The van der Waals surface area contributed by atoms with Gasteiger partial charge in [-0.3, -0.25) is 4.79 Å². The van der Waals surface area contributed by atoms with Gasteiger partial charge in [0.1, 0.15) is 22.8 Å². The second-order valence-corrected chi connectivity index (χ2v) is 6.09. The fourth-order valence-electron chi connectivity index (χ4n) is 3.07. The Balaban J connectivity index is 2.12. The lowest BCUT2D eigenvalue weighted by Crippen LogP contribution is -2.34. The third-order valence-electron chi connectivity index (χ3n) is 4.53. The molecule has 0 atom stereocenters. The van der Waals surface area contributed by atoms with Gasteiger partial charge in [0, 0.05) is 24.5 Å². The molecule has 0 aliphatic carbocycles. The zero-order chi connectivity index (χ0) is 16.4. The minimum atomic E-state index is 0.613. The maximum Gasteiger partial charge on any atom is 0.153 e. The van der Waals surface area contributed by atoms with Crippen molar-refractivity contribution in [1.29, 1.82) is 0 Å². The number of anilines is 1. The number of hydrogen-bond acceptors (Lipinski definition) is 5. The van der Waals surface area contributed by atoms with E-state index >= 15 is 0 Å². The lowest BCUT2D eigenvalue weighted by Gasteiger charge is -2.32. The van der Waals surface area contributed by atoms with Crippen LogP contribution in [0.3, 0.4) is 0 Å². The van der Waals surface area contributed by atoms with Crippen molar-refractivity contribution in [1.82, 2.24) is 4.98 Å². The van der Waals surface area contributed by atoms with Crippen molar-refractivity contribution >= 4 is 23.0 Å². The highest BCUT2D eigenvalue weighted by Crippen LogP contribution is 2.34. The van der Waals surface area contributed by atoms with Crippen molar-refractivity contribution in [2.75, 3.05) is 32.2 Å². The number of fused-ring (bicyclic) bond motifs is 1. The minimum absolute atomic E-state index is 0.613. The second-order valence-electron chi connectivity index (χ2n) is 6.09. The summed E-state index contributed by atoms with van der Waals surface area (Å²) in [6.07, 6.45) is 3.13. The van der Waals surface area contributed by atoms with Gasteiger partial charge in [-0.25, -0.2) is 4.98 Å². The molecule has 5 heteroatoms. The van der Waals surface area contributed by atoms with E-state index in [4.69, 9.17) is 14.5 Å². The Morgan fingerprint density at radius 1 is 1.17 bits per heavy atom. The van der Waals surface area contributed by atoms with Gasteiger partial charge in [0.25, 0.3) is 0 Å². The van der Waals surface area contributed by atoms with E-state index in [9.17, 15) is 4.79 Å². The zero-order valence-corrected chi connectivity index (χ0v) is 13.8. The second kappa shape index (κ2) is 6.44. The molecule has 1 aliphatic heterocycles. The molecule has 0 unspecified atom stereocenters. The topological polar surface area (TPSA) is 51.7 Å². The highest BCUT2D eigenvalue weighted by molar-refractivity contribution is 5.95. The summed E-state index contributed by atoms with van der Waals surface area (Å²) < 4.78 is 10.7. The largest absolute Gasteiger partial charge is 0.497 e. The molecule has 0 amide bonds. The van der Waals surface area contributed by atoms with Crippen molar-refractivity contribution < 1.29 is 14.3 Å². The Morgan fingerprint density at radius 3 is 2.52 bits per heavy atom. The van der Waals surface area contributed by atoms with Gasteiger partial charge in [-0.2, -0.15) is 0 Å². The first kappa shape index (κ1) is 15.6. The maximum absolute atomic E-state index is 11.6. The Hall–Kier alpha value is -2.30. The Kier molecular flexibility index (Phi) is 4.37. The Labute approximate surface area is 136 Å². The molecule has 0 bridgehead atoms. The first-order chi connectivity index (χ1) is 11.2. The molecule has 1 saturated heterocycles. The summed E-state index contributed by atoms with van der Waals surface area (Å²) in [6, 6.07) is 5.56. The molecule has 1 aromatic carbocycles. The number of pyridine rings is 1. The molecule has 1 aliphatic rings. The van der Waals surface area contributed by atoms with Crippen molar-refractivity contribution in [2.45, 2.75) is 19.8 Å². The molecule has 0 spiro atoms. The van der Waals surface area contributed by atoms with Crippen molar-refractivity contribution in [3.63, 3.8) is 0 Å². The number of aldehydes is 1. The van der Waals surface area contributed by atoms with Crippen LogP contribution in [-0.2, 0) is 0 Å². The molecule has 0 radical (unpaired) electrons. The lowest BCUT2D eigenvalue weighted by atomic mass is 9.99. The number of carbonyl (C=O) groups excluding carboxylic acids is 1. The van der Waals surface area contributed by atoms with E-state index in [2.05, 4.69) is 11.8 Å². The van der Waals surface area contributed by atoms with Crippen LogP contribution in [0.5, 0.6) is 11.5 Å². The molecule has 0 N–H and O–H groups in total. The van der Waals surface area contributed by atoms with Gasteiger partial charge >= 0.3 is 0 Å². The summed E-state index contributed by atoms with van der Waals surface area (Å²) in [5.74, 6) is 2.82. The van der Waals surface area contributed by atoms with E-state index in [-0.39, 0.29) is 0 Å². The average molecular weight is 314 g/mol. The summed E-state index contributed by atoms with van der Waals surface area (Å²) in [4.78, 5) is 18.5. The predicted octanol–water partition coefficient (Wildman–Crippen LogP) is 3.30. The number of hydrogen-bond donors (Lipinski definition) is 0. The summed E-state index contributed by atoms with van der Waals surface area (Å²) in [5.41, 5.74) is 1.37. The summed E-state index contributed by atoms with van der Waals surface area (Å²) >= 11 is 0. The molecule has 2 aromatic rings. The van der Waals surface area contributed by atoms with Crippen LogP contribution in [0.1, 0.15) is 30.1 Å². The van der Waals surface area contributed by atoms with E-state index in [0.29, 0.717) is 17.1 Å². The van der Waals surface area contributed by atoms with Gasteiger partial charge in [0.05, 0.1) is 19.8 Å². The van der Waals surface area contributed by atoms with Crippen LogP contribution in [0, 0.1) is 5.92 Å². The molecule has 2 heterocycles. The predicted molar refractivity (Wildman–Crippen MR) is 90.8 cm³/mol. The fourth-order valence-corrected chi connectivity index (χ4v) is 3.07. The molecule has 23 heavy (non-hydrogen) atoms. The number of aromatic nitrogens is 1. The smallest absolute Gasteiger partial charge is 0.153 e. The standard InChI is InChI=1S/C18H22N2O3/c1-12-4-6-20(7-5-12)18-14(11-21)8-13-9-15(22-2)10-16(23-3)17(13)19-18/h8-12H,4-7H2,1-3H3. The van der Waals surface area contributed by atoms with Crippen LogP contribution >= 0.6 is 0 Å². The molecule has 122 valence electrons. The summed E-state index contributed by atoms with van der Waals surface area (Å²) in [7, 11) is 3.23. The zero-order valence-electron chi connectivity index (χ0n) is 13.8. The number of benzene rings is 1. The molecule has 5 nitrogen and oxygen atoms in total. The van der Waals surface area contributed by atoms with Crippen LogP contribution in [-0.4, -0.2) is 38.6 Å². The number of rotatable bonds is 4. The molecular weight excluding hydrogens is 292 g/mol. The van der Waals surface area contributed by atoms with Gasteiger partial charge < -0.3 is 14.4 Å². The molecular formula is C18H22N2O3. The monoisotopic (exact) mass is 314 g/mol. The van der Waals surface area contributed by atoms with E-state index in [1.54, 1.807) is 14.2 Å². The normalized spacial score (nSPS) is 15.7.